The third kappa shape index (κ3) is 2.14. The van der Waals surface area contributed by atoms with E-state index in [0.717, 1.165) is 10.5 Å². The van der Waals surface area contributed by atoms with Gasteiger partial charge in [0.2, 0.25) is 0 Å². The van der Waals surface area contributed by atoms with Crippen molar-refractivity contribution in [3.63, 3.8) is 0 Å². The van der Waals surface area contributed by atoms with Crippen LogP contribution < -0.4 is 5.73 Å². The van der Waals surface area contributed by atoms with Crippen LogP contribution in [0.25, 0.3) is 0 Å². The lowest BCUT2D eigenvalue weighted by atomic mass is 11.4. The van der Waals surface area contributed by atoms with Crippen molar-refractivity contribution in [2.24, 2.45) is 5.73 Å². The highest BCUT2D eigenvalue weighted by molar-refractivity contribution is 5.97. The first-order chi connectivity index (χ1) is 1.91. The Labute approximate surface area is 28.5 Å². The van der Waals surface area contributed by atoms with Crippen molar-refractivity contribution in [3.05, 3.63) is 0 Å². The van der Waals surface area contributed by atoms with Gasteiger partial charge in [0, 0.05) is 0 Å². The summed E-state index contributed by atoms with van der Waals surface area (Å²) in [7, 11) is 0.765. The smallest absolute Gasteiger partial charge is 0.147 e. The van der Waals surface area contributed by atoms with E-state index >= 15 is 0 Å². The Kier molecular flexibility index (Phi) is 3.24. The molecule has 0 aromatic rings. The van der Waals surface area contributed by atoms with E-state index in [1.165, 1.54) is 0 Å². The third-order valence-electron chi connectivity index (χ3n) is 0.167. The standard InChI is InChI=1S/CH7NOSi/c2-1-3-4/h1-2H2,4H3. The lowest BCUT2D eigenvalue weighted by Crippen LogP contribution is -1.99. The maximum Gasteiger partial charge on any atom is 0.147 e. The van der Waals surface area contributed by atoms with Gasteiger partial charge in [0.1, 0.15) is 10.5 Å². The summed E-state index contributed by atoms with van der Waals surface area (Å²) >= 11 is 0. The molecule has 0 fully saturated rings. The average Bonchev–Trinajstić information content (AvgIpc) is 1.37. The molecule has 0 rings (SSSR count). The number of nitrogens with two attached hydrogens (primary N) is 1. The predicted octanol–water partition coefficient (Wildman–Crippen LogP) is -1.80. The second kappa shape index (κ2) is 3.14. The molecular weight excluding hydrogens is 70.1 g/mol. The van der Waals surface area contributed by atoms with Gasteiger partial charge in [-0.25, -0.2) is 0 Å². The van der Waals surface area contributed by atoms with E-state index in [1.807, 2.05) is 0 Å². The molecule has 0 aromatic carbocycles. The Morgan fingerprint density at radius 1 is 2.00 bits per heavy atom. The van der Waals surface area contributed by atoms with E-state index in [-0.39, 0.29) is 0 Å². The Morgan fingerprint density at radius 2 is 2.25 bits per heavy atom. The fourth-order valence-electron chi connectivity index (χ4n) is 0. The van der Waals surface area contributed by atoms with Gasteiger partial charge in [0.25, 0.3) is 0 Å². The Hall–Kier alpha value is 0.137. The third-order valence-corrected chi connectivity index (χ3v) is 0.500. The van der Waals surface area contributed by atoms with E-state index in [9.17, 15) is 0 Å². The predicted molar refractivity (Wildman–Crippen MR) is 20.1 cm³/mol. The summed E-state index contributed by atoms with van der Waals surface area (Å²) in [5.41, 5.74) is 4.84. The van der Waals surface area contributed by atoms with Crippen molar-refractivity contribution in [3.8, 4) is 0 Å². The van der Waals surface area contributed by atoms with Crippen LogP contribution in [0, 0.1) is 0 Å². The molecule has 0 aliphatic carbocycles. The molecule has 26 valence electrons. The van der Waals surface area contributed by atoms with Crippen LogP contribution in [0.15, 0.2) is 0 Å². The summed E-state index contributed by atoms with van der Waals surface area (Å²) in [6, 6.07) is 0. The van der Waals surface area contributed by atoms with Crippen LogP contribution in [0.3, 0.4) is 0 Å². The number of hydrogen-bond donors (Lipinski definition) is 1. The summed E-state index contributed by atoms with van der Waals surface area (Å²) in [5.74, 6) is 0. The number of hydrogen-bond acceptors (Lipinski definition) is 2. The van der Waals surface area contributed by atoms with E-state index in [4.69, 9.17) is 5.73 Å². The summed E-state index contributed by atoms with van der Waals surface area (Å²) in [6.45, 7) is 0.381. The molecule has 2 nitrogen and oxygen atoms in total. The molecule has 4 heavy (non-hydrogen) atoms. The van der Waals surface area contributed by atoms with Crippen LogP contribution in [0.4, 0.5) is 0 Å². The molecule has 0 atom stereocenters. The van der Waals surface area contributed by atoms with Gasteiger partial charge < -0.3 is 10.2 Å². The largest absolute Gasteiger partial charge is 0.416 e. The van der Waals surface area contributed by atoms with Gasteiger partial charge in [-0.3, -0.25) is 0 Å². The molecule has 3 heteroatoms. The highest BCUT2D eigenvalue weighted by Crippen LogP contribution is 1.37. The fourth-order valence-corrected chi connectivity index (χ4v) is 0. The molecule has 0 heterocycles. The molecule has 0 bridgehead atoms. The first-order valence-corrected chi connectivity index (χ1v) is 1.92. The second-order valence-corrected chi connectivity index (χ2v) is 1.03. The van der Waals surface area contributed by atoms with Crippen molar-refractivity contribution in [2.45, 2.75) is 0 Å². The first kappa shape index (κ1) is 4.14. The van der Waals surface area contributed by atoms with Crippen LogP contribution in [0.5, 0.6) is 0 Å². The van der Waals surface area contributed by atoms with Crippen molar-refractivity contribution in [1.29, 1.82) is 0 Å². The van der Waals surface area contributed by atoms with Gasteiger partial charge in [-0.1, -0.05) is 0 Å². The molecule has 0 unspecified atom stereocenters. The average molecular weight is 77.2 g/mol. The van der Waals surface area contributed by atoms with Crippen LogP contribution in [0.1, 0.15) is 0 Å². The highest BCUT2D eigenvalue weighted by Gasteiger charge is 1.49. The molecule has 2 N–H and O–H groups in total. The van der Waals surface area contributed by atoms with Gasteiger partial charge in [0.15, 0.2) is 0 Å². The Balaban J connectivity index is 1.97. The van der Waals surface area contributed by atoms with Crippen molar-refractivity contribution in [2.75, 3.05) is 6.73 Å². The lowest BCUT2D eigenvalue weighted by Gasteiger charge is -1.78. The SMILES string of the molecule is NCO[SiH3]. The van der Waals surface area contributed by atoms with Gasteiger partial charge in [-0.05, 0) is 0 Å². The van der Waals surface area contributed by atoms with E-state index in [0.29, 0.717) is 6.73 Å². The summed E-state index contributed by atoms with van der Waals surface area (Å²) < 4.78 is 4.46. The molecule has 0 amide bonds. The molecule has 0 spiro atoms. The normalized spacial score (nSPS) is 8.25. The van der Waals surface area contributed by atoms with Crippen LogP contribution in [-0.4, -0.2) is 17.2 Å². The van der Waals surface area contributed by atoms with Gasteiger partial charge in [-0.2, -0.15) is 0 Å². The second-order valence-electron chi connectivity index (χ2n) is 0.455. The summed E-state index contributed by atoms with van der Waals surface area (Å²) in [5, 5.41) is 0. The van der Waals surface area contributed by atoms with Crippen LogP contribution in [0.2, 0.25) is 0 Å². The van der Waals surface area contributed by atoms with Crippen LogP contribution >= 0.6 is 0 Å². The van der Waals surface area contributed by atoms with Crippen molar-refractivity contribution in [1.82, 2.24) is 0 Å². The van der Waals surface area contributed by atoms with Crippen LogP contribution in [-0.2, 0) is 4.43 Å². The van der Waals surface area contributed by atoms with Gasteiger partial charge in [-0.15, -0.1) is 0 Å². The monoisotopic (exact) mass is 77.0 g/mol. The molecular formula is CH7NOSi. The molecule has 0 saturated carbocycles. The topological polar surface area (TPSA) is 35.2 Å². The molecule has 0 aliphatic rings. The van der Waals surface area contributed by atoms with E-state index in [1.54, 1.807) is 0 Å². The number of rotatable bonds is 1. The zero-order chi connectivity index (χ0) is 3.41. The maximum atomic E-state index is 4.84. The molecule has 0 aliphatic heterocycles. The fraction of sp³-hybridized carbons (Fsp3) is 1.00. The zero-order valence-corrected chi connectivity index (χ0v) is 4.69. The summed E-state index contributed by atoms with van der Waals surface area (Å²) in [4.78, 5) is 0. The minimum atomic E-state index is 0.381. The minimum absolute atomic E-state index is 0.381. The van der Waals surface area contributed by atoms with Crippen molar-refractivity contribution < 1.29 is 4.43 Å². The Morgan fingerprint density at radius 3 is 2.25 bits per heavy atom. The Bertz CT molecular complexity index is 10.0. The van der Waals surface area contributed by atoms with Gasteiger partial charge >= 0.3 is 0 Å². The zero-order valence-electron chi connectivity index (χ0n) is 2.69. The van der Waals surface area contributed by atoms with Crippen molar-refractivity contribution >= 4 is 10.5 Å². The van der Waals surface area contributed by atoms with Gasteiger partial charge in [0.05, 0.1) is 6.73 Å². The van der Waals surface area contributed by atoms with E-state index < -0.39 is 0 Å². The minimum Gasteiger partial charge on any atom is -0.416 e. The molecule has 0 saturated heterocycles. The molecule has 0 radical (unpaired) electrons. The highest BCUT2D eigenvalue weighted by atomic mass is 28.2. The maximum absolute atomic E-state index is 4.84. The summed E-state index contributed by atoms with van der Waals surface area (Å²) in [6.07, 6.45) is 0. The molecule has 0 aromatic heterocycles. The lowest BCUT2D eigenvalue weighted by molar-refractivity contribution is 0.363. The first-order valence-electron chi connectivity index (χ1n) is 1.11. The van der Waals surface area contributed by atoms with E-state index in [2.05, 4.69) is 4.43 Å². The quantitative estimate of drug-likeness (QED) is 0.296.